The Balaban J connectivity index is 2.73. The van der Waals surface area contributed by atoms with Gasteiger partial charge in [-0.05, 0) is 43.0 Å². The third-order valence-electron chi connectivity index (χ3n) is 3.05. The van der Waals surface area contributed by atoms with Crippen LogP contribution in [0.4, 0.5) is 0 Å². The van der Waals surface area contributed by atoms with Crippen molar-refractivity contribution in [1.29, 1.82) is 0 Å². The largest absolute Gasteiger partial charge is 0.294 e. The summed E-state index contributed by atoms with van der Waals surface area (Å²) in [5.74, 6) is 0.477. The maximum atomic E-state index is 11.9. The van der Waals surface area contributed by atoms with Crippen LogP contribution in [-0.2, 0) is 6.42 Å². The summed E-state index contributed by atoms with van der Waals surface area (Å²) in [6.45, 7) is 6.10. The van der Waals surface area contributed by atoms with Crippen LogP contribution >= 0.6 is 15.9 Å². The van der Waals surface area contributed by atoms with Gasteiger partial charge in [-0.3, -0.25) is 4.79 Å². The maximum absolute atomic E-state index is 11.9. The van der Waals surface area contributed by atoms with E-state index < -0.39 is 0 Å². The van der Waals surface area contributed by atoms with Crippen molar-refractivity contribution < 1.29 is 4.79 Å². The number of Topliss-reactive ketones (excluding diaryl/α,β-unsaturated/α-hetero) is 1. The van der Waals surface area contributed by atoms with Crippen LogP contribution in [0.5, 0.6) is 0 Å². The molecule has 1 aromatic rings. The third-order valence-corrected chi connectivity index (χ3v) is 3.88. The highest BCUT2D eigenvalue weighted by atomic mass is 79.9. The Bertz CT molecular complexity index is 421. The number of aryl methyl sites for hydroxylation is 1. The van der Waals surface area contributed by atoms with Gasteiger partial charge in [0.25, 0.3) is 0 Å². The predicted octanol–water partition coefficient (Wildman–Crippen LogP) is 3.44. The van der Waals surface area contributed by atoms with Crippen LogP contribution in [0.15, 0.2) is 10.5 Å². The molecular weight excluding hydrogens is 240 g/mol. The fourth-order valence-corrected chi connectivity index (χ4v) is 2.77. The van der Waals surface area contributed by atoms with Crippen LogP contribution in [-0.4, -0.2) is 5.78 Å². The third kappa shape index (κ3) is 1.24. The summed E-state index contributed by atoms with van der Waals surface area (Å²) in [5.41, 5.74) is 4.54. The molecule has 0 heterocycles. The minimum absolute atomic E-state index is 0.164. The van der Waals surface area contributed by atoms with Gasteiger partial charge in [0, 0.05) is 16.0 Å². The highest BCUT2D eigenvalue weighted by Gasteiger charge is 2.30. The zero-order valence-electron chi connectivity index (χ0n) is 8.65. The van der Waals surface area contributed by atoms with Gasteiger partial charge in [0.1, 0.15) is 0 Å². The Morgan fingerprint density at radius 3 is 2.71 bits per heavy atom. The van der Waals surface area contributed by atoms with Crippen molar-refractivity contribution >= 4 is 21.7 Å². The molecule has 0 aromatic heterocycles. The van der Waals surface area contributed by atoms with Crippen molar-refractivity contribution in [2.45, 2.75) is 27.2 Å². The summed E-state index contributed by atoms with van der Waals surface area (Å²) >= 11 is 3.53. The Kier molecular flexibility index (Phi) is 2.26. The number of hydrogen-bond donors (Lipinski definition) is 0. The molecule has 1 nitrogen and oxygen atoms in total. The lowest BCUT2D eigenvalue weighted by molar-refractivity contribution is 0.0946. The van der Waals surface area contributed by atoms with Gasteiger partial charge in [0.15, 0.2) is 5.78 Å². The summed E-state index contributed by atoms with van der Waals surface area (Å²) in [7, 11) is 0. The molecule has 0 unspecified atom stereocenters. The van der Waals surface area contributed by atoms with Crippen molar-refractivity contribution in [2.24, 2.45) is 5.92 Å². The summed E-state index contributed by atoms with van der Waals surface area (Å²) in [6.07, 6.45) is 0.903. The van der Waals surface area contributed by atoms with E-state index >= 15 is 0 Å². The van der Waals surface area contributed by atoms with Crippen molar-refractivity contribution in [3.63, 3.8) is 0 Å². The molecule has 0 saturated carbocycles. The summed E-state index contributed by atoms with van der Waals surface area (Å²) in [5, 5.41) is 0. The van der Waals surface area contributed by atoms with Gasteiger partial charge in [-0.15, -0.1) is 0 Å². The maximum Gasteiger partial charge on any atom is 0.166 e. The van der Waals surface area contributed by atoms with Gasteiger partial charge in [-0.25, -0.2) is 0 Å². The van der Waals surface area contributed by atoms with Crippen molar-refractivity contribution in [3.8, 4) is 0 Å². The fraction of sp³-hybridized carbons (Fsp3) is 0.417. The molecule has 1 aliphatic rings. The Labute approximate surface area is 92.6 Å². The number of rotatable bonds is 0. The topological polar surface area (TPSA) is 17.1 Å². The number of ketones is 1. The van der Waals surface area contributed by atoms with E-state index in [1.807, 2.05) is 19.9 Å². The number of carbonyl (C=O) groups is 1. The van der Waals surface area contributed by atoms with Gasteiger partial charge in [0.2, 0.25) is 0 Å². The van der Waals surface area contributed by atoms with Crippen LogP contribution in [0.1, 0.15) is 34.0 Å². The normalized spacial score (nSPS) is 20.0. The number of fused-ring (bicyclic) bond motifs is 1. The molecule has 14 heavy (non-hydrogen) atoms. The lowest BCUT2D eigenvalue weighted by Gasteiger charge is -2.08. The highest BCUT2D eigenvalue weighted by Crippen LogP contribution is 2.35. The molecule has 1 aromatic carbocycles. The second kappa shape index (κ2) is 3.20. The molecule has 2 heteroatoms. The molecule has 0 spiro atoms. The monoisotopic (exact) mass is 252 g/mol. The average molecular weight is 253 g/mol. The second-order valence-electron chi connectivity index (χ2n) is 4.12. The van der Waals surface area contributed by atoms with Gasteiger partial charge in [-0.2, -0.15) is 0 Å². The smallest absolute Gasteiger partial charge is 0.166 e. The number of carbonyl (C=O) groups excluding carboxylic acids is 1. The molecule has 0 fully saturated rings. The number of halogens is 1. The summed E-state index contributed by atoms with van der Waals surface area (Å²) in [6, 6.07) is 2.05. The van der Waals surface area contributed by atoms with Crippen molar-refractivity contribution in [3.05, 3.63) is 32.8 Å². The summed E-state index contributed by atoms with van der Waals surface area (Å²) < 4.78 is 1.12. The van der Waals surface area contributed by atoms with E-state index in [0.717, 1.165) is 22.0 Å². The van der Waals surface area contributed by atoms with Crippen LogP contribution in [0.25, 0.3) is 0 Å². The van der Waals surface area contributed by atoms with E-state index in [2.05, 4.69) is 22.9 Å². The van der Waals surface area contributed by atoms with E-state index in [1.54, 1.807) is 0 Å². The molecule has 0 bridgehead atoms. The first-order chi connectivity index (χ1) is 6.52. The highest BCUT2D eigenvalue weighted by molar-refractivity contribution is 9.10. The SMILES string of the molecule is Cc1cc(Br)c(C)c2c1C(=O)[C@H](C)C2. The second-order valence-corrected chi connectivity index (χ2v) is 4.98. The van der Waals surface area contributed by atoms with E-state index in [9.17, 15) is 4.79 Å². The van der Waals surface area contributed by atoms with Gasteiger partial charge < -0.3 is 0 Å². The lowest BCUT2D eigenvalue weighted by atomic mass is 10.00. The van der Waals surface area contributed by atoms with Crippen molar-refractivity contribution in [1.82, 2.24) is 0 Å². The first kappa shape index (κ1) is 9.91. The van der Waals surface area contributed by atoms with Crippen molar-refractivity contribution in [2.75, 3.05) is 0 Å². The van der Waals surface area contributed by atoms with Gasteiger partial charge >= 0.3 is 0 Å². The Morgan fingerprint density at radius 1 is 1.43 bits per heavy atom. The molecular formula is C12H13BrO. The van der Waals surface area contributed by atoms with E-state index in [1.165, 1.54) is 11.1 Å². The molecule has 1 atom stereocenters. The first-order valence-corrected chi connectivity index (χ1v) is 5.64. The number of benzene rings is 1. The van der Waals surface area contributed by atoms with Crippen LogP contribution < -0.4 is 0 Å². The fourth-order valence-electron chi connectivity index (χ4n) is 2.18. The summed E-state index contributed by atoms with van der Waals surface area (Å²) in [4.78, 5) is 11.9. The minimum atomic E-state index is 0.164. The predicted molar refractivity (Wildman–Crippen MR) is 60.8 cm³/mol. The zero-order chi connectivity index (χ0) is 10.5. The molecule has 1 aliphatic carbocycles. The van der Waals surface area contributed by atoms with Crippen LogP contribution in [0, 0.1) is 19.8 Å². The molecule has 0 amide bonds. The molecule has 74 valence electrons. The first-order valence-electron chi connectivity index (χ1n) is 4.85. The van der Waals surface area contributed by atoms with E-state index in [0.29, 0.717) is 5.78 Å². The Morgan fingerprint density at radius 2 is 2.07 bits per heavy atom. The molecule has 2 rings (SSSR count). The zero-order valence-corrected chi connectivity index (χ0v) is 10.2. The van der Waals surface area contributed by atoms with Crippen LogP contribution in [0.2, 0.25) is 0 Å². The quantitative estimate of drug-likeness (QED) is 0.692. The van der Waals surface area contributed by atoms with E-state index in [4.69, 9.17) is 0 Å². The van der Waals surface area contributed by atoms with Gasteiger partial charge in [0.05, 0.1) is 0 Å². The number of hydrogen-bond acceptors (Lipinski definition) is 1. The van der Waals surface area contributed by atoms with Gasteiger partial charge in [-0.1, -0.05) is 22.9 Å². The molecule has 0 N–H and O–H groups in total. The van der Waals surface area contributed by atoms with Crippen LogP contribution in [0.3, 0.4) is 0 Å². The average Bonchev–Trinajstić information content (AvgIpc) is 2.40. The standard InChI is InChI=1S/C12H13BrO/c1-6-5-10(13)8(3)9-4-7(2)12(14)11(6)9/h5,7H,4H2,1-3H3/t7-/m1/s1. The minimum Gasteiger partial charge on any atom is -0.294 e. The molecule has 0 aliphatic heterocycles. The molecule has 0 radical (unpaired) electrons. The Hall–Kier alpha value is -0.630. The molecule has 0 saturated heterocycles. The van der Waals surface area contributed by atoms with E-state index in [-0.39, 0.29) is 5.92 Å². The lowest BCUT2D eigenvalue weighted by Crippen LogP contribution is -2.04.